The van der Waals surface area contributed by atoms with Crippen LogP contribution in [0.2, 0.25) is 0 Å². The Bertz CT molecular complexity index is 706. The maximum absolute atomic E-state index is 12.3. The van der Waals surface area contributed by atoms with Crippen molar-refractivity contribution in [3.8, 4) is 0 Å². The van der Waals surface area contributed by atoms with Gasteiger partial charge in [0.1, 0.15) is 0 Å². The number of nitrogens with one attached hydrogen (secondary N) is 1. The van der Waals surface area contributed by atoms with Crippen LogP contribution in [0.5, 0.6) is 0 Å². The number of aromatic nitrogens is 2. The summed E-state index contributed by atoms with van der Waals surface area (Å²) in [7, 11) is 0. The lowest BCUT2D eigenvalue weighted by molar-refractivity contribution is -0.803. The second-order valence-electron chi connectivity index (χ2n) is 5.11. The molecule has 0 bridgehead atoms. The van der Waals surface area contributed by atoms with Crippen molar-refractivity contribution in [3.05, 3.63) is 46.3 Å². The minimum absolute atomic E-state index is 0.0821. The number of rotatable bonds is 6. The van der Waals surface area contributed by atoms with E-state index >= 15 is 0 Å². The van der Waals surface area contributed by atoms with Crippen molar-refractivity contribution in [1.29, 1.82) is 0 Å². The van der Waals surface area contributed by atoms with E-state index in [0.29, 0.717) is 5.56 Å². The number of esters is 1. The van der Waals surface area contributed by atoms with Crippen LogP contribution in [0.25, 0.3) is 0 Å². The fourth-order valence-corrected chi connectivity index (χ4v) is 2.12. The van der Waals surface area contributed by atoms with Crippen molar-refractivity contribution in [3.63, 3.8) is 0 Å². The molecule has 9 heteroatoms. The molecule has 0 unspecified atom stereocenters. The summed E-state index contributed by atoms with van der Waals surface area (Å²) in [6, 6.07) is 6.57. The first-order valence-electron chi connectivity index (χ1n) is 7.30. The summed E-state index contributed by atoms with van der Waals surface area (Å²) in [4.78, 5) is 24.0. The van der Waals surface area contributed by atoms with Gasteiger partial charge >= 0.3 is 23.4 Å². The fourth-order valence-electron chi connectivity index (χ4n) is 2.12. The summed E-state index contributed by atoms with van der Waals surface area (Å²) < 4.78 is 9.20. The van der Waals surface area contributed by atoms with Crippen molar-refractivity contribution in [2.45, 2.75) is 26.3 Å². The van der Waals surface area contributed by atoms with Crippen LogP contribution in [0, 0.1) is 12.1 Å². The zero-order valence-electron chi connectivity index (χ0n) is 13.3. The standard InChI is InChI=1S/C15H18N4O5/c1-3-23-12(20)8-11(10-6-4-9(2)5-7-10)17-15(21)13-14(16)18-24-19(13)22/h4-7,11H,3,8H2,1-2H3,(H2,16,18)(H,17,21)/t11-/m1/s1. The third-order valence-electron chi connectivity index (χ3n) is 3.31. The number of nitrogens with zero attached hydrogens (tertiary/aromatic N) is 2. The maximum Gasteiger partial charge on any atom is 0.318 e. The van der Waals surface area contributed by atoms with Crippen LogP contribution in [0.3, 0.4) is 0 Å². The predicted molar refractivity (Wildman–Crippen MR) is 82.5 cm³/mol. The molecule has 0 saturated carbocycles. The average molecular weight is 334 g/mol. The lowest BCUT2D eigenvalue weighted by Gasteiger charge is -2.18. The predicted octanol–water partition coefficient (Wildman–Crippen LogP) is 0.623. The van der Waals surface area contributed by atoms with E-state index in [4.69, 9.17) is 10.5 Å². The Balaban J connectivity index is 2.23. The molecule has 2 aromatic rings. The second kappa shape index (κ2) is 7.44. The summed E-state index contributed by atoms with van der Waals surface area (Å²) in [6.07, 6.45) is -0.0906. The highest BCUT2D eigenvalue weighted by molar-refractivity contribution is 5.95. The molecule has 0 saturated heterocycles. The van der Waals surface area contributed by atoms with Crippen LogP contribution in [-0.2, 0) is 9.53 Å². The van der Waals surface area contributed by atoms with E-state index in [2.05, 4.69) is 15.1 Å². The molecule has 1 atom stereocenters. The SMILES string of the molecule is CCOC(=O)C[C@@H](NC(=O)c1c(N)no[n+]1[O-])c1ccc(C)cc1. The van der Waals surface area contributed by atoms with E-state index < -0.39 is 23.6 Å². The first-order chi connectivity index (χ1) is 11.4. The minimum atomic E-state index is -0.793. The van der Waals surface area contributed by atoms with E-state index in [-0.39, 0.29) is 23.7 Å². The number of amides is 1. The molecule has 3 N–H and O–H groups in total. The van der Waals surface area contributed by atoms with Gasteiger partial charge in [0.2, 0.25) is 0 Å². The van der Waals surface area contributed by atoms with Crippen molar-refractivity contribution >= 4 is 17.7 Å². The number of aryl methyl sites for hydroxylation is 1. The van der Waals surface area contributed by atoms with Gasteiger partial charge in [-0.05, 0) is 24.3 Å². The van der Waals surface area contributed by atoms with Gasteiger partial charge in [0.15, 0.2) is 0 Å². The zero-order valence-corrected chi connectivity index (χ0v) is 13.3. The van der Waals surface area contributed by atoms with Gasteiger partial charge in [-0.15, -0.1) is 0 Å². The van der Waals surface area contributed by atoms with Gasteiger partial charge in [-0.3, -0.25) is 14.2 Å². The number of nitrogen functional groups attached to an aromatic ring is 1. The second-order valence-corrected chi connectivity index (χ2v) is 5.11. The smallest absolute Gasteiger partial charge is 0.318 e. The molecule has 1 amide bonds. The molecule has 0 aliphatic carbocycles. The molecule has 24 heavy (non-hydrogen) atoms. The average Bonchev–Trinajstić information content (AvgIpc) is 2.86. The van der Waals surface area contributed by atoms with Gasteiger partial charge in [0, 0.05) is 0 Å². The summed E-state index contributed by atoms with van der Waals surface area (Å²) in [5.41, 5.74) is 6.70. The summed E-state index contributed by atoms with van der Waals surface area (Å²) >= 11 is 0. The lowest BCUT2D eigenvalue weighted by Crippen LogP contribution is -2.39. The molecular weight excluding hydrogens is 316 g/mol. The Morgan fingerprint density at radius 2 is 2.08 bits per heavy atom. The van der Waals surface area contributed by atoms with Crippen LogP contribution >= 0.6 is 0 Å². The van der Waals surface area contributed by atoms with Crippen LogP contribution in [0.4, 0.5) is 5.82 Å². The lowest BCUT2D eigenvalue weighted by atomic mass is 10.0. The van der Waals surface area contributed by atoms with E-state index in [1.54, 1.807) is 19.1 Å². The van der Waals surface area contributed by atoms with E-state index in [1.807, 2.05) is 19.1 Å². The molecule has 0 spiro atoms. The number of nitrogens with two attached hydrogens (primary N) is 1. The fraction of sp³-hybridized carbons (Fsp3) is 0.333. The number of benzene rings is 1. The Labute approximate surface area is 137 Å². The zero-order chi connectivity index (χ0) is 17.7. The van der Waals surface area contributed by atoms with Gasteiger partial charge in [0.25, 0.3) is 0 Å². The number of ether oxygens (including phenoxy) is 1. The van der Waals surface area contributed by atoms with E-state index in [1.165, 1.54) is 0 Å². The first kappa shape index (κ1) is 17.3. The third kappa shape index (κ3) is 4.00. The van der Waals surface area contributed by atoms with Gasteiger partial charge in [-0.25, -0.2) is 0 Å². The quantitative estimate of drug-likeness (QED) is 0.584. The van der Waals surface area contributed by atoms with E-state index in [0.717, 1.165) is 5.56 Å². The molecule has 0 fully saturated rings. The molecule has 1 aromatic carbocycles. The first-order valence-corrected chi connectivity index (χ1v) is 7.30. The third-order valence-corrected chi connectivity index (χ3v) is 3.31. The molecule has 0 radical (unpaired) electrons. The van der Waals surface area contributed by atoms with Gasteiger partial charge in [-0.2, -0.15) is 0 Å². The number of hydrogen-bond donors (Lipinski definition) is 2. The highest BCUT2D eigenvalue weighted by atomic mass is 16.8. The highest BCUT2D eigenvalue weighted by Crippen LogP contribution is 2.19. The summed E-state index contributed by atoms with van der Waals surface area (Å²) in [6.45, 7) is 3.84. The van der Waals surface area contributed by atoms with Crippen molar-refractivity contribution in [2.75, 3.05) is 12.3 Å². The number of carbonyl (C=O) groups excluding carboxylic acids is 2. The normalized spacial score (nSPS) is 11.8. The number of carbonyl (C=O) groups is 2. The minimum Gasteiger partial charge on any atom is -0.466 e. The number of hydrogen-bond acceptors (Lipinski definition) is 7. The Morgan fingerprint density at radius 3 is 2.62 bits per heavy atom. The molecule has 1 aromatic heterocycles. The molecule has 2 rings (SSSR count). The van der Waals surface area contributed by atoms with Gasteiger partial charge < -0.3 is 21.0 Å². The molecule has 128 valence electrons. The molecular formula is C15H18N4O5. The van der Waals surface area contributed by atoms with Gasteiger partial charge in [0.05, 0.1) is 24.2 Å². The Kier molecular flexibility index (Phi) is 5.35. The molecule has 0 aliphatic rings. The van der Waals surface area contributed by atoms with Crippen molar-refractivity contribution < 1.29 is 23.9 Å². The van der Waals surface area contributed by atoms with Crippen LogP contribution in [-0.4, -0.2) is 23.6 Å². The van der Waals surface area contributed by atoms with Crippen molar-refractivity contribution in [2.24, 2.45) is 0 Å². The topological polar surface area (TPSA) is 134 Å². The van der Waals surface area contributed by atoms with Crippen molar-refractivity contribution in [1.82, 2.24) is 10.5 Å². The van der Waals surface area contributed by atoms with E-state index in [9.17, 15) is 14.8 Å². The molecule has 9 nitrogen and oxygen atoms in total. The largest absolute Gasteiger partial charge is 0.466 e. The number of anilines is 1. The molecule has 0 aliphatic heterocycles. The monoisotopic (exact) mass is 334 g/mol. The van der Waals surface area contributed by atoms with Crippen LogP contribution < -0.4 is 16.0 Å². The summed E-state index contributed by atoms with van der Waals surface area (Å²) in [5.74, 6) is -1.60. The van der Waals surface area contributed by atoms with Crippen LogP contribution in [0.15, 0.2) is 28.9 Å². The summed E-state index contributed by atoms with van der Waals surface area (Å²) in [5, 5.41) is 17.2. The van der Waals surface area contributed by atoms with Gasteiger partial charge in [-0.1, -0.05) is 29.8 Å². The maximum atomic E-state index is 12.3. The molecule has 1 heterocycles. The highest BCUT2D eigenvalue weighted by Gasteiger charge is 2.28. The van der Waals surface area contributed by atoms with Crippen LogP contribution in [0.1, 0.15) is 41.0 Å². The Morgan fingerprint density at radius 1 is 1.42 bits per heavy atom. The Hall–Kier alpha value is -3.10.